The second kappa shape index (κ2) is 3.48. The van der Waals surface area contributed by atoms with Crippen LogP contribution < -0.4 is 3.53 Å². The van der Waals surface area contributed by atoms with E-state index in [0.717, 1.165) is 10.7 Å². The second-order valence-corrected chi connectivity index (χ2v) is 3.81. The van der Waals surface area contributed by atoms with Crippen molar-refractivity contribution >= 4 is 40.1 Å². The highest BCUT2D eigenvalue weighted by atomic mass is 127. The quantitative estimate of drug-likeness (QED) is 0.631. The third-order valence-corrected chi connectivity index (χ3v) is 2.76. The lowest BCUT2D eigenvalue weighted by Gasteiger charge is -1.91. The number of carbonyl (C=O) groups is 1. The Morgan fingerprint density at radius 1 is 1.64 bits per heavy atom. The van der Waals surface area contributed by atoms with Crippen LogP contribution in [0.4, 0.5) is 0 Å². The largest absolute Gasteiger partial charge is 0.294 e. The summed E-state index contributed by atoms with van der Waals surface area (Å²) in [6, 6.07) is 0. The van der Waals surface area contributed by atoms with Gasteiger partial charge in [0.2, 0.25) is 0 Å². The third kappa shape index (κ3) is 1.90. The van der Waals surface area contributed by atoms with Crippen LogP contribution in [0.2, 0.25) is 0 Å². The summed E-state index contributed by atoms with van der Waals surface area (Å²) >= 11 is 3.24. The lowest BCUT2D eigenvalue weighted by molar-refractivity contribution is 0.0993. The van der Waals surface area contributed by atoms with Crippen molar-refractivity contribution in [1.82, 2.24) is 8.51 Å². The monoisotopic (exact) mass is 282 g/mol. The van der Waals surface area contributed by atoms with E-state index < -0.39 is 0 Å². The number of hydrogen-bond donors (Lipinski definition) is 1. The Morgan fingerprint density at radius 3 is 2.64 bits per heavy atom. The van der Waals surface area contributed by atoms with Gasteiger partial charge in [0, 0.05) is 0 Å². The SMILES string of the molecule is Cc1nc(C)c(C(=O)NI)s1. The molecule has 11 heavy (non-hydrogen) atoms. The number of amides is 1. The maximum Gasteiger partial charge on any atom is 0.271 e. The third-order valence-electron chi connectivity index (χ3n) is 1.20. The van der Waals surface area contributed by atoms with Gasteiger partial charge in [-0.3, -0.25) is 8.32 Å². The van der Waals surface area contributed by atoms with E-state index in [4.69, 9.17) is 0 Å². The van der Waals surface area contributed by atoms with Gasteiger partial charge in [-0.1, -0.05) is 0 Å². The number of carbonyl (C=O) groups excluding carboxylic acids is 1. The molecule has 0 unspecified atom stereocenters. The average Bonchev–Trinajstić information content (AvgIpc) is 2.28. The molecule has 0 aliphatic rings. The zero-order valence-corrected chi connectivity index (χ0v) is 9.12. The molecule has 60 valence electrons. The topological polar surface area (TPSA) is 42.0 Å². The molecule has 1 aromatic heterocycles. The van der Waals surface area contributed by atoms with E-state index in [1.807, 2.05) is 36.7 Å². The molecule has 0 spiro atoms. The number of nitrogens with one attached hydrogen (secondary N) is 1. The minimum Gasteiger partial charge on any atom is -0.294 e. The molecular formula is C6H7IN2OS. The van der Waals surface area contributed by atoms with E-state index in [9.17, 15) is 4.79 Å². The minimum atomic E-state index is -0.0614. The zero-order valence-electron chi connectivity index (χ0n) is 6.14. The van der Waals surface area contributed by atoms with Crippen molar-refractivity contribution < 1.29 is 4.79 Å². The number of hydrogen-bond acceptors (Lipinski definition) is 3. The summed E-state index contributed by atoms with van der Waals surface area (Å²) in [6.07, 6.45) is 0. The van der Waals surface area contributed by atoms with E-state index in [1.54, 1.807) is 0 Å². The van der Waals surface area contributed by atoms with Gasteiger partial charge in [-0.25, -0.2) is 4.98 Å². The molecule has 0 bridgehead atoms. The van der Waals surface area contributed by atoms with E-state index >= 15 is 0 Å². The standard InChI is InChI=1S/C6H7IN2OS/c1-3-5(6(10)9-7)11-4(2)8-3/h1-2H3,(H,9,10). The van der Waals surface area contributed by atoms with Crippen molar-refractivity contribution in [3.8, 4) is 0 Å². The van der Waals surface area contributed by atoms with Gasteiger partial charge in [0.05, 0.1) is 33.6 Å². The molecule has 1 N–H and O–H groups in total. The summed E-state index contributed by atoms with van der Waals surface area (Å²) in [7, 11) is 0. The normalized spacial score (nSPS) is 9.73. The Labute approximate surface area is 82.7 Å². The van der Waals surface area contributed by atoms with Gasteiger partial charge in [0.1, 0.15) is 4.88 Å². The summed E-state index contributed by atoms with van der Waals surface area (Å²) in [4.78, 5) is 15.9. The van der Waals surface area contributed by atoms with E-state index in [0.29, 0.717) is 4.88 Å². The van der Waals surface area contributed by atoms with Crippen LogP contribution in [0.1, 0.15) is 20.4 Å². The maximum atomic E-state index is 11.1. The van der Waals surface area contributed by atoms with E-state index in [1.165, 1.54) is 11.3 Å². The Morgan fingerprint density at radius 2 is 2.27 bits per heavy atom. The van der Waals surface area contributed by atoms with Gasteiger partial charge in [-0.15, -0.1) is 11.3 Å². The van der Waals surface area contributed by atoms with Crippen LogP contribution in [0.25, 0.3) is 0 Å². The summed E-state index contributed by atoms with van der Waals surface area (Å²) in [5.41, 5.74) is 0.807. The molecule has 0 saturated heterocycles. The van der Waals surface area contributed by atoms with Crippen molar-refractivity contribution in [1.29, 1.82) is 0 Å². The van der Waals surface area contributed by atoms with Gasteiger partial charge in [0.15, 0.2) is 0 Å². The van der Waals surface area contributed by atoms with Crippen LogP contribution in [-0.2, 0) is 0 Å². The van der Waals surface area contributed by atoms with Crippen molar-refractivity contribution in [2.45, 2.75) is 13.8 Å². The highest BCUT2D eigenvalue weighted by molar-refractivity contribution is 14.1. The molecule has 5 heteroatoms. The molecule has 1 amide bonds. The summed E-state index contributed by atoms with van der Waals surface area (Å²) in [6.45, 7) is 3.73. The lowest BCUT2D eigenvalue weighted by Crippen LogP contribution is -2.10. The molecule has 1 rings (SSSR count). The number of aryl methyl sites for hydroxylation is 2. The first-order valence-electron chi connectivity index (χ1n) is 3.00. The first-order chi connectivity index (χ1) is 5.15. The molecule has 0 saturated carbocycles. The number of thiazole rings is 1. The van der Waals surface area contributed by atoms with Crippen LogP contribution in [-0.4, -0.2) is 10.9 Å². The van der Waals surface area contributed by atoms with Crippen molar-refractivity contribution in [2.24, 2.45) is 0 Å². The van der Waals surface area contributed by atoms with E-state index in [2.05, 4.69) is 8.51 Å². The fourth-order valence-electron chi connectivity index (χ4n) is 0.785. The number of halogens is 1. The Kier molecular flexibility index (Phi) is 2.83. The molecule has 0 aromatic carbocycles. The van der Waals surface area contributed by atoms with Crippen LogP contribution in [0, 0.1) is 13.8 Å². The lowest BCUT2D eigenvalue weighted by atomic mass is 10.4. The van der Waals surface area contributed by atoms with Crippen molar-refractivity contribution in [3.05, 3.63) is 15.6 Å². The molecule has 0 atom stereocenters. The fraction of sp³-hybridized carbons (Fsp3) is 0.333. The van der Waals surface area contributed by atoms with Crippen LogP contribution in [0.5, 0.6) is 0 Å². The molecular weight excluding hydrogens is 275 g/mol. The van der Waals surface area contributed by atoms with Gasteiger partial charge in [-0.05, 0) is 13.8 Å². The van der Waals surface area contributed by atoms with Crippen LogP contribution in [0.15, 0.2) is 0 Å². The number of nitrogens with zero attached hydrogens (tertiary/aromatic N) is 1. The van der Waals surface area contributed by atoms with E-state index in [-0.39, 0.29) is 5.91 Å². The summed E-state index contributed by atoms with van der Waals surface area (Å²) < 4.78 is 2.54. The van der Waals surface area contributed by atoms with Crippen LogP contribution >= 0.6 is 34.2 Å². The molecule has 0 aliphatic heterocycles. The van der Waals surface area contributed by atoms with Crippen molar-refractivity contribution in [3.63, 3.8) is 0 Å². The Bertz CT molecular complexity index is 284. The molecule has 1 aromatic rings. The second-order valence-electron chi connectivity index (χ2n) is 2.07. The molecule has 0 radical (unpaired) electrons. The van der Waals surface area contributed by atoms with Gasteiger partial charge < -0.3 is 0 Å². The predicted molar refractivity (Wildman–Crippen MR) is 53.1 cm³/mol. The summed E-state index contributed by atoms with van der Waals surface area (Å²) in [5, 5.41) is 0.928. The summed E-state index contributed by atoms with van der Waals surface area (Å²) in [5.74, 6) is -0.0614. The first-order valence-corrected chi connectivity index (χ1v) is 4.89. The highest BCUT2D eigenvalue weighted by Gasteiger charge is 2.11. The Balaban J connectivity index is 3.03. The van der Waals surface area contributed by atoms with Gasteiger partial charge in [-0.2, -0.15) is 0 Å². The van der Waals surface area contributed by atoms with Gasteiger partial charge >= 0.3 is 0 Å². The Hall–Kier alpha value is -0.170. The molecule has 0 fully saturated rings. The minimum absolute atomic E-state index is 0.0614. The predicted octanol–water partition coefficient (Wildman–Crippen LogP) is 1.84. The number of rotatable bonds is 1. The molecule has 0 aliphatic carbocycles. The van der Waals surface area contributed by atoms with Crippen molar-refractivity contribution in [2.75, 3.05) is 0 Å². The fourth-order valence-corrected chi connectivity index (χ4v) is 2.05. The average molecular weight is 282 g/mol. The molecule has 3 nitrogen and oxygen atoms in total. The smallest absolute Gasteiger partial charge is 0.271 e. The van der Waals surface area contributed by atoms with Crippen LogP contribution in [0.3, 0.4) is 0 Å². The molecule has 1 heterocycles. The number of aromatic nitrogens is 1. The highest BCUT2D eigenvalue weighted by Crippen LogP contribution is 2.16. The first kappa shape index (κ1) is 8.92. The van der Waals surface area contributed by atoms with Gasteiger partial charge in [0.25, 0.3) is 5.91 Å². The zero-order chi connectivity index (χ0) is 8.43. The maximum absolute atomic E-state index is 11.1.